The van der Waals surface area contributed by atoms with E-state index in [9.17, 15) is 4.79 Å². The van der Waals surface area contributed by atoms with Crippen molar-refractivity contribution in [3.63, 3.8) is 0 Å². The lowest BCUT2D eigenvalue weighted by Crippen LogP contribution is -2.36. The van der Waals surface area contributed by atoms with Crippen molar-refractivity contribution in [1.29, 1.82) is 0 Å². The molecule has 134 valence electrons. The van der Waals surface area contributed by atoms with Crippen molar-refractivity contribution in [2.24, 2.45) is 0 Å². The van der Waals surface area contributed by atoms with Crippen LogP contribution in [-0.4, -0.2) is 46.8 Å². The fraction of sp³-hybridized carbons (Fsp3) is 0.316. The van der Waals surface area contributed by atoms with Crippen LogP contribution in [0.25, 0.3) is 5.65 Å². The average Bonchev–Trinajstić information content (AvgIpc) is 3.02. The number of carbonyl (C=O) groups is 1. The molecule has 0 spiro atoms. The van der Waals surface area contributed by atoms with Gasteiger partial charge in [-0.2, -0.15) is 5.10 Å². The van der Waals surface area contributed by atoms with Crippen LogP contribution in [0.15, 0.2) is 36.5 Å². The van der Waals surface area contributed by atoms with Gasteiger partial charge in [-0.15, -0.1) is 0 Å². The van der Waals surface area contributed by atoms with Gasteiger partial charge in [-0.3, -0.25) is 4.79 Å². The Morgan fingerprint density at radius 1 is 1.15 bits per heavy atom. The van der Waals surface area contributed by atoms with Gasteiger partial charge >= 0.3 is 0 Å². The van der Waals surface area contributed by atoms with Crippen LogP contribution >= 0.6 is 0 Å². The first-order valence-electron chi connectivity index (χ1n) is 8.68. The summed E-state index contributed by atoms with van der Waals surface area (Å²) in [4.78, 5) is 19.3. The molecular weight excluding hydrogens is 330 g/mol. The Morgan fingerprint density at radius 3 is 2.77 bits per heavy atom. The fourth-order valence-electron chi connectivity index (χ4n) is 3.17. The van der Waals surface area contributed by atoms with Crippen molar-refractivity contribution in [3.8, 4) is 0 Å². The van der Waals surface area contributed by atoms with Crippen molar-refractivity contribution in [1.82, 2.24) is 14.6 Å². The summed E-state index contributed by atoms with van der Waals surface area (Å²) in [6, 6.07) is 9.47. The molecule has 4 rings (SSSR count). The molecule has 1 aliphatic rings. The van der Waals surface area contributed by atoms with E-state index in [2.05, 4.69) is 27.2 Å². The van der Waals surface area contributed by atoms with Crippen molar-refractivity contribution < 1.29 is 9.53 Å². The Kier molecular flexibility index (Phi) is 4.30. The maximum Gasteiger partial charge on any atom is 0.255 e. The van der Waals surface area contributed by atoms with Gasteiger partial charge in [-0.1, -0.05) is 6.07 Å². The third kappa shape index (κ3) is 3.25. The van der Waals surface area contributed by atoms with E-state index in [4.69, 9.17) is 4.74 Å². The lowest BCUT2D eigenvalue weighted by atomic mass is 10.1. The van der Waals surface area contributed by atoms with E-state index in [-0.39, 0.29) is 5.91 Å². The molecule has 0 saturated carbocycles. The summed E-state index contributed by atoms with van der Waals surface area (Å²) in [5.74, 6) is 0.554. The van der Waals surface area contributed by atoms with Gasteiger partial charge in [0.2, 0.25) is 0 Å². The smallest absolute Gasteiger partial charge is 0.255 e. The maximum absolute atomic E-state index is 12.7. The molecule has 0 bridgehead atoms. The quantitative estimate of drug-likeness (QED) is 0.785. The van der Waals surface area contributed by atoms with Crippen LogP contribution in [0.2, 0.25) is 0 Å². The molecule has 0 unspecified atom stereocenters. The number of aryl methyl sites for hydroxylation is 2. The van der Waals surface area contributed by atoms with Gasteiger partial charge < -0.3 is 15.0 Å². The fourth-order valence-corrected chi connectivity index (χ4v) is 3.17. The van der Waals surface area contributed by atoms with Crippen LogP contribution in [0, 0.1) is 13.8 Å². The number of aromatic nitrogens is 3. The van der Waals surface area contributed by atoms with Crippen LogP contribution < -0.4 is 10.2 Å². The Morgan fingerprint density at radius 2 is 1.96 bits per heavy atom. The standard InChI is InChI=1S/C19H21N5O2/c1-13-3-4-15(11-17(13)23-7-9-26-10-8-23)19(25)21-16-5-6-18-20-14(2)22-24(18)12-16/h3-6,11-12H,7-10H2,1-2H3,(H,21,25). The number of ether oxygens (including phenoxy) is 1. The summed E-state index contributed by atoms with van der Waals surface area (Å²) in [6.07, 6.45) is 1.77. The number of pyridine rings is 1. The minimum atomic E-state index is -0.143. The SMILES string of the molecule is Cc1nc2ccc(NC(=O)c3ccc(C)c(N4CCOCC4)c3)cn2n1. The molecule has 0 aliphatic carbocycles. The van der Waals surface area contributed by atoms with Crippen molar-refractivity contribution >= 4 is 22.9 Å². The molecule has 0 radical (unpaired) electrons. The Labute approximate surface area is 151 Å². The number of hydrogen-bond acceptors (Lipinski definition) is 5. The van der Waals surface area contributed by atoms with Crippen molar-refractivity contribution in [2.45, 2.75) is 13.8 Å². The molecule has 1 N–H and O–H groups in total. The monoisotopic (exact) mass is 351 g/mol. The first-order chi connectivity index (χ1) is 12.6. The number of amides is 1. The maximum atomic E-state index is 12.7. The number of hydrogen-bond donors (Lipinski definition) is 1. The summed E-state index contributed by atoms with van der Waals surface area (Å²) in [7, 11) is 0. The van der Waals surface area contributed by atoms with E-state index in [1.807, 2.05) is 37.3 Å². The van der Waals surface area contributed by atoms with Crippen LogP contribution in [0.5, 0.6) is 0 Å². The molecule has 1 aliphatic heterocycles. The van der Waals surface area contributed by atoms with Crippen molar-refractivity contribution in [3.05, 3.63) is 53.5 Å². The van der Waals surface area contributed by atoms with E-state index >= 15 is 0 Å². The van der Waals surface area contributed by atoms with Gasteiger partial charge in [0.25, 0.3) is 5.91 Å². The minimum Gasteiger partial charge on any atom is -0.378 e. The molecule has 7 nitrogen and oxygen atoms in total. The van der Waals surface area contributed by atoms with Gasteiger partial charge in [-0.05, 0) is 43.7 Å². The lowest BCUT2D eigenvalue weighted by Gasteiger charge is -2.30. The summed E-state index contributed by atoms with van der Waals surface area (Å²) < 4.78 is 7.09. The Balaban J connectivity index is 1.56. The molecule has 3 aromatic rings. The number of carbonyl (C=O) groups excluding carboxylic acids is 1. The molecule has 1 aromatic carbocycles. The number of nitrogens with zero attached hydrogens (tertiary/aromatic N) is 4. The van der Waals surface area contributed by atoms with Gasteiger partial charge in [0.1, 0.15) is 5.82 Å². The highest BCUT2D eigenvalue weighted by Gasteiger charge is 2.16. The molecular formula is C19H21N5O2. The summed E-state index contributed by atoms with van der Waals surface area (Å²) >= 11 is 0. The van der Waals surface area contributed by atoms with Gasteiger partial charge in [0.15, 0.2) is 5.65 Å². The predicted molar refractivity (Wildman–Crippen MR) is 99.9 cm³/mol. The average molecular weight is 351 g/mol. The Hall–Kier alpha value is -2.93. The summed E-state index contributed by atoms with van der Waals surface area (Å²) in [5.41, 5.74) is 4.31. The molecule has 1 amide bonds. The third-order valence-electron chi connectivity index (χ3n) is 4.52. The zero-order valence-corrected chi connectivity index (χ0v) is 14.9. The number of fused-ring (bicyclic) bond motifs is 1. The lowest BCUT2D eigenvalue weighted by molar-refractivity contribution is 0.102. The van der Waals surface area contributed by atoms with E-state index < -0.39 is 0 Å². The summed E-state index contributed by atoms with van der Waals surface area (Å²) in [5, 5.41) is 7.21. The van der Waals surface area contributed by atoms with Crippen LogP contribution in [0.1, 0.15) is 21.7 Å². The molecule has 2 aromatic heterocycles. The normalized spacial score (nSPS) is 14.6. The van der Waals surface area contributed by atoms with E-state index in [1.165, 1.54) is 0 Å². The van der Waals surface area contributed by atoms with Gasteiger partial charge in [-0.25, -0.2) is 9.50 Å². The highest BCUT2D eigenvalue weighted by Crippen LogP contribution is 2.23. The van der Waals surface area contributed by atoms with E-state index in [0.717, 1.165) is 30.0 Å². The van der Waals surface area contributed by atoms with Crippen LogP contribution in [-0.2, 0) is 4.74 Å². The first-order valence-corrected chi connectivity index (χ1v) is 8.68. The topological polar surface area (TPSA) is 71.8 Å². The van der Waals surface area contributed by atoms with Crippen molar-refractivity contribution in [2.75, 3.05) is 36.5 Å². The predicted octanol–water partition coefficient (Wildman–Crippen LogP) is 2.44. The molecule has 1 fully saturated rings. The largest absolute Gasteiger partial charge is 0.378 e. The molecule has 3 heterocycles. The zero-order valence-electron chi connectivity index (χ0n) is 14.9. The summed E-state index contributed by atoms with van der Waals surface area (Å²) in [6.45, 7) is 7.01. The second-order valence-electron chi connectivity index (χ2n) is 6.43. The number of rotatable bonds is 3. The number of benzene rings is 1. The number of anilines is 2. The molecule has 1 saturated heterocycles. The Bertz CT molecular complexity index is 960. The number of morpholine rings is 1. The van der Waals surface area contributed by atoms with Crippen LogP contribution in [0.4, 0.5) is 11.4 Å². The highest BCUT2D eigenvalue weighted by atomic mass is 16.5. The van der Waals surface area contributed by atoms with Gasteiger partial charge in [0.05, 0.1) is 25.1 Å². The molecule has 26 heavy (non-hydrogen) atoms. The van der Waals surface area contributed by atoms with Gasteiger partial charge in [0, 0.05) is 24.3 Å². The van der Waals surface area contributed by atoms with E-state index in [0.29, 0.717) is 30.3 Å². The molecule has 0 atom stereocenters. The second-order valence-corrected chi connectivity index (χ2v) is 6.43. The van der Waals surface area contributed by atoms with E-state index in [1.54, 1.807) is 10.7 Å². The third-order valence-corrected chi connectivity index (χ3v) is 4.52. The molecule has 7 heteroatoms. The number of nitrogens with one attached hydrogen (secondary N) is 1. The first kappa shape index (κ1) is 16.5. The highest BCUT2D eigenvalue weighted by molar-refractivity contribution is 6.05. The zero-order chi connectivity index (χ0) is 18.1. The minimum absolute atomic E-state index is 0.143. The van der Waals surface area contributed by atoms with Crippen LogP contribution in [0.3, 0.4) is 0 Å². The second kappa shape index (κ2) is 6.76.